The second-order valence-electron chi connectivity index (χ2n) is 15.7. The summed E-state index contributed by atoms with van der Waals surface area (Å²) in [6.45, 7) is 8.82. The Morgan fingerprint density at radius 2 is 1.09 bits per heavy atom. The molecule has 4 aromatic heterocycles. The third-order valence-electron chi connectivity index (χ3n) is 11.0. The molecular formula is C40H52N10O6. The Balaban J connectivity index is 1.000. The average Bonchev–Trinajstić information content (AvgIpc) is 4.02. The number of aromatic nitrogens is 6. The van der Waals surface area contributed by atoms with Gasteiger partial charge in [-0.15, -0.1) is 0 Å². The molecule has 5 aromatic rings. The quantitative estimate of drug-likeness (QED) is 0.0972. The van der Waals surface area contributed by atoms with E-state index in [4.69, 9.17) is 9.47 Å². The van der Waals surface area contributed by atoms with Crippen molar-refractivity contribution in [2.45, 2.75) is 90.4 Å². The Hall–Kier alpha value is -5.80. The fraction of sp³-hybridized carbons (Fsp3) is 0.500. The summed E-state index contributed by atoms with van der Waals surface area (Å²) >= 11 is 0. The van der Waals surface area contributed by atoms with Gasteiger partial charge < -0.3 is 49.8 Å². The third-order valence-corrected chi connectivity index (χ3v) is 11.0. The molecular weight excluding hydrogens is 717 g/mol. The van der Waals surface area contributed by atoms with Crippen LogP contribution in [0.3, 0.4) is 0 Å². The number of benzene rings is 1. The molecule has 2 saturated heterocycles. The number of hydrogen-bond acceptors (Lipinski definition) is 8. The Bertz CT molecular complexity index is 2010. The van der Waals surface area contributed by atoms with Gasteiger partial charge in [0.1, 0.15) is 23.7 Å². The van der Waals surface area contributed by atoms with Crippen molar-refractivity contribution in [2.75, 3.05) is 27.3 Å². The Kier molecular flexibility index (Phi) is 11.1. The van der Waals surface area contributed by atoms with Crippen LogP contribution in [-0.2, 0) is 31.9 Å². The molecule has 16 heteroatoms. The second kappa shape index (κ2) is 16.1. The lowest BCUT2D eigenvalue weighted by Gasteiger charge is -2.30. The molecule has 2 aliphatic rings. The topological polar surface area (TPSA) is 206 Å². The zero-order chi connectivity index (χ0) is 39.7. The maximum Gasteiger partial charge on any atom is 0.407 e. The van der Waals surface area contributed by atoms with Crippen molar-refractivity contribution < 1.29 is 28.7 Å². The number of hydrogen-bond donors (Lipinski definition) is 6. The van der Waals surface area contributed by atoms with E-state index < -0.39 is 24.3 Å². The van der Waals surface area contributed by atoms with Crippen molar-refractivity contribution in [3.63, 3.8) is 0 Å². The number of amides is 4. The number of nitrogens with zero attached hydrogens (tertiary/aromatic N) is 4. The van der Waals surface area contributed by atoms with Crippen LogP contribution in [-0.4, -0.2) is 103 Å². The van der Waals surface area contributed by atoms with Crippen LogP contribution in [0.4, 0.5) is 9.59 Å². The van der Waals surface area contributed by atoms with E-state index in [9.17, 15) is 19.2 Å². The zero-order valence-electron chi connectivity index (χ0n) is 32.8. The normalized spacial score (nSPS) is 18.3. The SMILES string of the molecule is COC(=O)NC(C(=O)N1CCCC1c1ncc(Cc2cc3cc4cc(Cc5cnc(C6CCCN6C(=O)C(NC(=O)OC)C(C)C)[nH]5)[nH]c4cc3[nH]2)[nH]1)C(C)C. The van der Waals surface area contributed by atoms with E-state index in [0.29, 0.717) is 25.9 Å². The lowest BCUT2D eigenvalue weighted by molar-refractivity contribution is -0.136. The van der Waals surface area contributed by atoms with Crippen molar-refractivity contribution in [3.05, 3.63) is 71.1 Å². The minimum Gasteiger partial charge on any atom is -0.453 e. The molecule has 7 rings (SSSR count). The van der Waals surface area contributed by atoms with E-state index in [2.05, 4.69) is 64.8 Å². The number of nitrogens with one attached hydrogen (secondary N) is 6. The number of ether oxygens (including phenoxy) is 2. The van der Waals surface area contributed by atoms with E-state index in [1.165, 1.54) is 14.2 Å². The molecule has 2 aliphatic heterocycles. The van der Waals surface area contributed by atoms with Crippen LogP contribution < -0.4 is 10.6 Å². The maximum absolute atomic E-state index is 13.5. The highest BCUT2D eigenvalue weighted by molar-refractivity contribution is 5.96. The second-order valence-corrected chi connectivity index (χ2v) is 15.7. The average molecular weight is 769 g/mol. The van der Waals surface area contributed by atoms with E-state index >= 15 is 0 Å². The number of aromatic amines is 4. The number of fused-ring (bicyclic) bond motifs is 2. The summed E-state index contributed by atoms with van der Waals surface area (Å²) in [5.74, 6) is 1.02. The molecule has 56 heavy (non-hydrogen) atoms. The van der Waals surface area contributed by atoms with Crippen molar-refractivity contribution >= 4 is 45.8 Å². The van der Waals surface area contributed by atoms with Gasteiger partial charge in [-0.2, -0.15) is 0 Å². The molecule has 6 N–H and O–H groups in total. The molecule has 2 fully saturated rings. The smallest absolute Gasteiger partial charge is 0.407 e. The molecule has 4 amide bonds. The van der Waals surface area contributed by atoms with Gasteiger partial charge in [-0.05, 0) is 61.8 Å². The lowest BCUT2D eigenvalue weighted by atomic mass is 10.0. The van der Waals surface area contributed by atoms with Crippen molar-refractivity contribution in [1.82, 2.24) is 50.3 Å². The molecule has 0 aliphatic carbocycles. The van der Waals surface area contributed by atoms with Crippen molar-refractivity contribution in [3.8, 4) is 0 Å². The van der Waals surface area contributed by atoms with Gasteiger partial charge in [-0.3, -0.25) is 9.59 Å². The zero-order valence-corrected chi connectivity index (χ0v) is 32.8. The van der Waals surface area contributed by atoms with Crippen LogP contribution in [0.2, 0.25) is 0 Å². The molecule has 6 heterocycles. The summed E-state index contributed by atoms with van der Waals surface area (Å²) in [7, 11) is 2.58. The third kappa shape index (κ3) is 7.95. The van der Waals surface area contributed by atoms with Gasteiger partial charge in [0.15, 0.2) is 0 Å². The van der Waals surface area contributed by atoms with Crippen molar-refractivity contribution in [1.29, 1.82) is 0 Å². The molecule has 0 bridgehead atoms. The standard InChI is InChI=1S/C40H52N10O6/c1-21(2)33(47-39(53)55-5)37(51)49-11-7-9-31(49)35-41-19-27(45-35)16-25-14-23-13-24-15-26(44-30(24)18-29(23)43-25)17-28-20-42-36(46-28)32-10-8-12-50(32)38(52)34(22(3)4)48-40(54)56-6/h13-15,18-22,31-34,43-44H,7-12,16-17H2,1-6H3,(H,41,45)(H,42,46)(H,47,53)(H,48,54). The minimum absolute atomic E-state index is 0.100. The molecule has 298 valence electrons. The van der Waals surface area contributed by atoms with Crippen LogP contribution in [0.25, 0.3) is 21.8 Å². The first-order valence-corrected chi connectivity index (χ1v) is 19.4. The number of rotatable bonds is 12. The Morgan fingerprint density at radius 3 is 1.48 bits per heavy atom. The summed E-state index contributed by atoms with van der Waals surface area (Å²) in [5.41, 5.74) is 5.98. The highest BCUT2D eigenvalue weighted by atomic mass is 16.5. The van der Waals surface area contributed by atoms with Gasteiger partial charge in [0.25, 0.3) is 0 Å². The number of likely N-dealkylation sites (tertiary alicyclic amines) is 2. The van der Waals surface area contributed by atoms with Crippen LogP contribution in [0, 0.1) is 11.8 Å². The van der Waals surface area contributed by atoms with Crippen LogP contribution in [0.15, 0.2) is 36.7 Å². The molecule has 0 saturated carbocycles. The van der Waals surface area contributed by atoms with E-state index in [1.807, 2.05) is 49.9 Å². The Labute approximate surface area is 324 Å². The van der Waals surface area contributed by atoms with Gasteiger partial charge in [-0.25, -0.2) is 19.6 Å². The number of imidazole rings is 2. The molecule has 0 radical (unpaired) electrons. The molecule has 1 aromatic carbocycles. The monoisotopic (exact) mass is 768 g/mol. The summed E-state index contributed by atoms with van der Waals surface area (Å²) in [5, 5.41) is 7.59. The minimum atomic E-state index is -0.682. The number of alkyl carbamates (subject to hydrolysis) is 2. The van der Waals surface area contributed by atoms with Gasteiger partial charge in [-0.1, -0.05) is 27.7 Å². The fourth-order valence-corrected chi connectivity index (χ4v) is 8.14. The first kappa shape index (κ1) is 38.5. The molecule has 16 nitrogen and oxygen atoms in total. The predicted molar refractivity (Wildman–Crippen MR) is 209 cm³/mol. The van der Waals surface area contributed by atoms with Gasteiger partial charge in [0.2, 0.25) is 11.8 Å². The molecule has 0 spiro atoms. The summed E-state index contributed by atoms with van der Waals surface area (Å²) < 4.78 is 9.52. The number of methoxy groups -OCH3 is 2. The van der Waals surface area contributed by atoms with E-state index in [1.54, 1.807) is 0 Å². The highest BCUT2D eigenvalue weighted by Gasteiger charge is 2.39. The van der Waals surface area contributed by atoms with Gasteiger partial charge in [0, 0.05) is 82.9 Å². The predicted octanol–water partition coefficient (Wildman–Crippen LogP) is 5.37. The van der Waals surface area contributed by atoms with Crippen molar-refractivity contribution in [2.24, 2.45) is 11.8 Å². The van der Waals surface area contributed by atoms with E-state index in [-0.39, 0.29) is 35.7 Å². The van der Waals surface area contributed by atoms with Gasteiger partial charge >= 0.3 is 12.2 Å². The highest BCUT2D eigenvalue weighted by Crippen LogP contribution is 2.34. The summed E-state index contributed by atoms with van der Waals surface area (Å²) in [4.78, 5) is 78.0. The maximum atomic E-state index is 13.5. The largest absolute Gasteiger partial charge is 0.453 e. The first-order valence-electron chi connectivity index (χ1n) is 19.4. The van der Waals surface area contributed by atoms with E-state index in [0.717, 1.165) is 81.9 Å². The number of H-pyrrole nitrogens is 4. The fourth-order valence-electron chi connectivity index (χ4n) is 8.14. The van der Waals surface area contributed by atoms with Crippen LogP contribution >= 0.6 is 0 Å². The summed E-state index contributed by atoms with van der Waals surface area (Å²) in [6, 6.07) is 6.86. The summed E-state index contributed by atoms with van der Waals surface area (Å²) in [6.07, 6.45) is 6.95. The Morgan fingerprint density at radius 1 is 0.661 bits per heavy atom. The lowest BCUT2D eigenvalue weighted by Crippen LogP contribution is -2.51. The number of carbonyl (C=O) groups excluding carboxylic acids is 4. The molecule has 4 unspecified atom stereocenters. The first-order chi connectivity index (χ1) is 26.9. The van der Waals surface area contributed by atoms with Crippen LogP contribution in [0.5, 0.6) is 0 Å². The molecule has 4 atom stereocenters. The number of carbonyl (C=O) groups is 4. The van der Waals surface area contributed by atoms with Crippen LogP contribution in [0.1, 0.15) is 99.9 Å². The van der Waals surface area contributed by atoms with Gasteiger partial charge in [0.05, 0.1) is 26.3 Å².